The van der Waals surface area contributed by atoms with E-state index in [4.69, 9.17) is 0 Å². The van der Waals surface area contributed by atoms with Crippen LogP contribution in [0.25, 0.3) is 0 Å². The zero-order chi connectivity index (χ0) is 13.0. The Bertz CT molecular complexity index is 405. The maximum absolute atomic E-state index is 13.1. The molecule has 0 saturated heterocycles. The van der Waals surface area contributed by atoms with Gasteiger partial charge in [0.15, 0.2) is 0 Å². The third-order valence-corrected chi connectivity index (χ3v) is 4.44. The topological polar surface area (TPSA) is 32.3 Å². The van der Waals surface area contributed by atoms with Gasteiger partial charge in [-0.3, -0.25) is 0 Å². The second kappa shape index (κ2) is 6.02. The van der Waals surface area contributed by atoms with Crippen molar-refractivity contribution in [2.24, 2.45) is 5.41 Å². The first-order valence-electron chi connectivity index (χ1n) is 6.45. The van der Waals surface area contributed by atoms with Crippen LogP contribution in [-0.2, 0) is 0 Å². The van der Waals surface area contributed by atoms with E-state index in [0.717, 1.165) is 25.1 Å². The SMILES string of the molecule is OCC1(CNc2ccc(F)c(Br)c2)CCCCC1. The van der Waals surface area contributed by atoms with E-state index in [1.807, 2.05) is 0 Å². The summed E-state index contributed by atoms with van der Waals surface area (Å²) in [6, 6.07) is 4.91. The molecule has 0 aliphatic heterocycles. The summed E-state index contributed by atoms with van der Waals surface area (Å²) in [7, 11) is 0. The number of hydrogen-bond donors (Lipinski definition) is 2. The van der Waals surface area contributed by atoms with Crippen LogP contribution in [0.2, 0.25) is 0 Å². The highest BCUT2D eigenvalue weighted by molar-refractivity contribution is 9.10. The Hall–Kier alpha value is -0.610. The Labute approximate surface area is 116 Å². The molecule has 2 nitrogen and oxygen atoms in total. The van der Waals surface area contributed by atoms with E-state index in [2.05, 4.69) is 21.2 Å². The van der Waals surface area contributed by atoms with Crippen LogP contribution in [0.15, 0.2) is 22.7 Å². The molecule has 18 heavy (non-hydrogen) atoms. The van der Waals surface area contributed by atoms with Crippen molar-refractivity contribution < 1.29 is 9.50 Å². The summed E-state index contributed by atoms with van der Waals surface area (Å²) >= 11 is 3.18. The minimum absolute atomic E-state index is 0.000881. The summed E-state index contributed by atoms with van der Waals surface area (Å²) in [6.45, 7) is 0.976. The molecule has 1 aliphatic carbocycles. The van der Waals surface area contributed by atoms with Gasteiger partial charge in [-0.2, -0.15) is 0 Å². The number of halogens is 2. The average molecular weight is 316 g/mol. The standard InChI is InChI=1S/C14H19BrFNO/c15-12-8-11(4-5-13(12)16)17-9-14(10-18)6-2-1-3-7-14/h4-5,8,17-18H,1-3,6-7,9-10H2. The van der Waals surface area contributed by atoms with Crippen molar-refractivity contribution in [3.8, 4) is 0 Å². The zero-order valence-electron chi connectivity index (χ0n) is 10.4. The molecule has 2 N–H and O–H groups in total. The van der Waals surface area contributed by atoms with Crippen LogP contribution in [0, 0.1) is 11.2 Å². The van der Waals surface area contributed by atoms with E-state index in [1.54, 1.807) is 12.1 Å². The smallest absolute Gasteiger partial charge is 0.137 e. The first-order chi connectivity index (χ1) is 8.65. The molecule has 1 aromatic carbocycles. The van der Waals surface area contributed by atoms with Crippen molar-refractivity contribution >= 4 is 21.6 Å². The first kappa shape index (κ1) is 13.8. The Kier molecular flexibility index (Phi) is 4.62. The van der Waals surface area contributed by atoms with E-state index in [1.165, 1.54) is 25.3 Å². The molecule has 0 heterocycles. The summed E-state index contributed by atoms with van der Waals surface area (Å²) in [5.74, 6) is -0.255. The van der Waals surface area contributed by atoms with E-state index in [-0.39, 0.29) is 17.8 Å². The Morgan fingerprint density at radius 2 is 2.00 bits per heavy atom. The monoisotopic (exact) mass is 315 g/mol. The van der Waals surface area contributed by atoms with Gasteiger partial charge in [0.05, 0.1) is 11.1 Å². The van der Waals surface area contributed by atoms with Crippen LogP contribution in [0.1, 0.15) is 32.1 Å². The third kappa shape index (κ3) is 3.23. The molecule has 0 bridgehead atoms. The number of hydrogen-bond acceptors (Lipinski definition) is 2. The molecule has 1 saturated carbocycles. The van der Waals surface area contributed by atoms with Gasteiger partial charge in [0, 0.05) is 17.6 Å². The van der Waals surface area contributed by atoms with Crippen molar-refractivity contribution in [1.82, 2.24) is 0 Å². The summed E-state index contributed by atoms with van der Waals surface area (Å²) in [5, 5.41) is 12.9. The molecule has 0 aromatic heterocycles. The molecule has 0 unspecified atom stereocenters. The van der Waals surface area contributed by atoms with Crippen molar-refractivity contribution in [1.29, 1.82) is 0 Å². The Balaban J connectivity index is 1.98. The predicted molar refractivity (Wildman–Crippen MR) is 75.2 cm³/mol. The minimum Gasteiger partial charge on any atom is -0.396 e. The molecular weight excluding hydrogens is 297 g/mol. The van der Waals surface area contributed by atoms with Crippen LogP contribution in [0.4, 0.5) is 10.1 Å². The fourth-order valence-corrected chi connectivity index (χ4v) is 2.97. The lowest BCUT2D eigenvalue weighted by Crippen LogP contribution is -2.35. The van der Waals surface area contributed by atoms with Crippen LogP contribution in [0.3, 0.4) is 0 Å². The molecule has 2 rings (SSSR count). The van der Waals surface area contributed by atoms with Crippen molar-refractivity contribution in [3.63, 3.8) is 0 Å². The summed E-state index contributed by atoms with van der Waals surface area (Å²) in [5.41, 5.74) is 0.890. The molecule has 100 valence electrons. The summed E-state index contributed by atoms with van der Waals surface area (Å²) < 4.78 is 13.6. The predicted octanol–water partition coefficient (Wildman–Crippen LogP) is 3.94. The lowest BCUT2D eigenvalue weighted by molar-refractivity contribution is 0.0944. The number of aliphatic hydroxyl groups excluding tert-OH is 1. The van der Waals surface area contributed by atoms with Gasteiger partial charge in [0.1, 0.15) is 5.82 Å². The normalized spacial score (nSPS) is 18.6. The number of anilines is 1. The number of aliphatic hydroxyl groups is 1. The van der Waals surface area contributed by atoms with Gasteiger partial charge in [-0.1, -0.05) is 19.3 Å². The molecule has 1 aromatic rings. The Morgan fingerprint density at radius 1 is 1.28 bits per heavy atom. The van der Waals surface area contributed by atoms with E-state index in [0.29, 0.717) is 4.47 Å². The minimum atomic E-state index is -0.255. The molecular formula is C14H19BrFNO. The highest BCUT2D eigenvalue weighted by atomic mass is 79.9. The molecule has 0 spiro atoms. The van der Waals surface area contributed by atoms with Crippen molar-refractivity contribution in [3.05, 3.63) is 28.5 Å². The lowest BCUT2D eigenvalue weighted by Gasteiger charge is -2.36. The second-order valence-electron chi connectivity index (χ2n) is 5.20. The number of benzene rings is 1. The molecule has 0 amide bonds. The lowest BCUT2D eigenvalue weighted by atomic mass is 9.74. The van der Waals surface area contributed by atoms with Gasteiger partial charge in [0.25, 0.3) is 0 Å². The first-order valence-corrected chi connectivity index (χ1v) is 7.24. The van der Waals surface area contributed by atoms with Gasteiger partial charge in [0.2, 0.25) is 0 Å². The largest absolute Gasteiger partial charge is 0.396 e. The fraction of sp³-hybridized carbons (Fsp3) is 0.571. The molecule has 1 fully saturated rings. The van der Waals surface area contributed by atoms with E-state index in [9.17, 15) is 9.50 Å². The highest BCUT2D eigenvalue weighted by Gasteiger charge is 2.31. The number of rotatable bonds is 4. The van der Waals surface area contributed by atoms with Gasteiger partial charge >= 0.3 is 0 Å². The van der Waals surface area contributed by atoms with Crippen molar-refractivity contribution in [2.45, 2.75) is 32.1 Å². The van der Waals surface area contributed by atoms with Crippen LogP contribution >= 0.6 is 15.9 Å². The zero-order valence-corrected chi connectivity index (χ0v) is 12.0. The fourth-order valence-electron chi connectivity index (χ4n) is 2.59. The highest BCUT2D eigenvalue weighted by Crippen LogP contribution is 2.36. The van der Waals surface area contributed by atoms with Gasteiger partial charge in [-0.15, -0.1) is 0 Å². The van der Waals surface area contributed by atoms with Gasteiger partial charge in [-0.05, 0) is 47.0 Å². The molecule has 0 atom stereocenters. The quantitative estimate of drug-likeness (QED) is 0.882. The molecule has 0 radical (unpaired) electrons. The van der Waals surface area contributed by atoms with Gasteiger partial charge < -0.3 is 10.4 Å². The molecule has 4 heteroatoms. The van der Waals surface area contributed by atoms with Gasteiger partial charge in [-0.25, -0.2) is 4.39 Å². The average Bonchev–Trinajstić information content (AvgIpc) is 2.41. The van der Waals surface area contributed by atoms with Crippen LogP contribution in [0.5, 0.6) is 0 Å². The maximum Gasteiger partial charge on any atom is 0.137 e. The second-order valence-corrected chi connectivity index (χ2v) is 6.06. The Morgan fingerprint density at radius 3 is 2.61 bits per heavy atom. The maximum atomic E-state index is 13.1. The van der Waals surface area contributed by atoms with Crippen LogP contribution < -0.4 is 5.32 Å². The van der Waals surface area contributed by atoms with Crippen molar-refractivity contribution in [2.75, 3.05) is 18.5 Å². The third-order valence-electron chi connectivity index (χ3n) is 3.84. The summed E-state index contributed by atoms with van der Waals surface area (Å²) in [4.78, 5) is 0. The number of nitrogens with one attached hydrogen (secondary N) is 1. The van der Waals surface area contributed by atoms with E-state index >= 15 is 0 Å². The van der Waals surface area contributed by atoms with Crippen LogP contribution in [-0.4, -0.2) is 18.3 Å². The molecule has 1 aliphatic rings. The van der Waals surface area contributed by atoms with E-state index < -0.39 is 0 Å². The summed E-state index contributed by atoms with van der Waals surface area (Å²) in [6.07, 6.45) is 5.78.